The van der Waals surface area contributed by atoms with E-state index in [9.17, 15) is 5.11 Å². The maximum atomic E-state index is 10.5. The van der Waals surface area contributed by atoms with Gasteiger partial charge in [-0.1, -0.05) is 51.1 Å². The van der Waals surface area contributed by atoms with Crippen molar-refractivity contribution in [2.45, 2.75) is 26.4 Å². The summed E-state index contributed by atoms with van der Waals surface area (Å²) in [7, 11) is 0. The third-order valence-corrected chi connectivity index (χ3v) is 2.79. The lowest BCUT2D eigenvalue weighted by Gasteiger charge is -2.39. The number of benzene rings is 1. The number of rotatable bonds is 2. The molecule has 3 N–H and O–H groups in total. The van der Waals surface area contributed by atoms with Crippen LogP contribution in [0.3, 0.4) is 0 Å². The fourth-order valence-electron chi connectivity index (χ4n) is 1.57. The minimum absolute atomic E-state index is 0.237. The molecule has 0 saturated heterocycles. The summed E-state index contributed by atoms with van der Waals surface area (Å²) in [5, 5.41) is 10.5. The molecule has 1 atom stereocenters. The zero-order valence-electron chi connectivity index (χ0n) is 9.12. The van der Waals surface area contributed by atoms with Crippen LogP contribution in [0.25, 0.3) is 0 Å². The van der Waals surface area contributed by atoms with Gasteiger partial charge < -0.3 is 10.8 Å². The first-order chi connectivity index (χ1) is 6.42. The lowest BCUT2D eigenvalue weighted by atomic mass is 9.72. The molecule has 0 aliphatic rings. The summed E-state index contributed by atoms with van der Waals surface area (Å²) >= 11 is 0. The molecule has 0 saturated carbocycles. The molecule has 0 fully saturated rings. The van der Waals surface area contributed by atoms with Crippen LogP contribution in [-0.2, 0) is 5.60 Å². The second kappa shape index (κ2) is 3.71. The van der Waals surface area contributed by atoms with E-state index in [1.165, 1.54) is 0 Å². The normalized spacial score (nSPS) is 16.4. The van der Waals surface area contributed by atoms with Crippen molar-refractivity contribution in [3.63, 3.8) is 0 Å². The predicted octanol–water partition coefficient (Wildman–Crippen LogP) is 1.88. The molecular weight excluding hydrogens is 174 g/mol. The minimum Gasteiger partial charge on any atom is -0.383 e. The van der Waals surface area contributed by atoms with Crippen molar-refractivity contribution in [2.75, 3.05) is 6.54 Å². The highest BCUT2D eigenvalue weighted by Gasteiger charge is 2.40. The van der Waals surface area contributed by atoms with E-state index in [1.54, 1.807) is 0 Å². The fourth-order valence-corrected chi connectivity index (χ4v) is 1.57. The van der Waals surface area contributed by atoms with Gasteiger partial charge in [0.15, 0.2) is 0 Å². The van der Waals surface area contributed by atoms with Crippen LogP contribution in [0.2, 0.25) is 0 Å². The van der Waals surface area contributed by atoms with E-state index in [0.717, 1.165) is 5.56 Å². The van der Waals surface area contributed by atoms with Crippen LogP contribution in [0, 0.1) is 5.41 Å². The number of aliphatic hydroxyl groups is 1. The van der Waals surface area contributed by atoms with Gasteiger partial charge in [0, 0.05) is 6.54 Å². The molecule has 2 nitrogen and oxygen atoms in total. The summed E-state index contributed by atoms with van der Waals surface area (Å²) in [6.07, 6.45) is 0. The van der Waals surface area contributed by atoms with E-state index in [2.05, 4.69) is 0 Å². The van der Waals surface area contributed by atoms with Gasteiger partial charge in [0.2, 0.25) is 0 Å². The molecule has 1 aromatic carbocycles. The summed E-state index contributed by atoms with van der Waals surface area (Å²) in [5.74, 6) is 0. The molecule has 0 spiro atoms. The first-order valence-corrected chi connectivity index (χ1v) is 4.90. The molecule has 0 aromatic heterocycles. The maximum Gasteiger partial charge on any atom is 0.107 e. The van der Waals surface area contributed by atoms with Gasteiger partial charge in [-0.3, -0.25) is 0 Å². The van der Waals surface area contributed by atoms with Crippen LogP contribution in [0.5, 0.6) is 0 Å². The average molecular weight is 193 g/mol. The van der Waals surface area contributed by atoms with Gasteiger partial charge in [-0.05, 0) is 11.0 Å². The predicted molar refractivity (Wildman–Crippen MR) is 58.8 cm³/mol. The van der Waals surface area contributed by atoms with Crippen LogP contribution in [-0.4, -0.2) is 11.7 Å². The van der Waals surface area contributed by atoms with E-state index in [4.69, 9.17) is 5.73 Å². The molecule has 2 heteroatoms. The quantitative estimate of drug-likeness (QED) is 0.753. The Bertz CT molecular complexity index is 289. The van der Waals surface area contributed by atoms with Gasteiger partial charge in [0.05, 0.1) is 0 Å². The zero-order chi connectivity index (χ0) is 10.8. The van der Waals surface area contributed by atoms with Gasteiger partial charge >= 0.3 is 0 Å². The third-order valence-electron chi connectivity index (χ3n) is 2.79. The Morgan fingerprint density at radius 3 is 2.00 bits per heavy atom. The largest absolute Gasteiger partial charge is 0.383 e. The van der Waals surface area contributed by atoms with Gasteiger partial charge in [0.1, 0.15) is 5.60 Å². The molecule has 14 heavy (non-hydrogen) atoms. The number of hydrogen-bond donors (Lipinski definition) is 2. The van der Waals surface area contributed by atoms with Crippen LogP contribution in [0.1, 0.15) is 26.3 Å². The molecular formula is C12H19NO. The van der Waals surface area contributed by atoms with Crippen molar-refractivity contribution in [3.05, 3.63) is 35.9 Å². The smallest absolute Gasteiger partial charge is 0.107 e. The molecule has 0 bridgehead atoms. The Balaban J connectivity index is 3.15. The van der Waals surface area contributed by atoms with Crippen molar-refractivity contribution in [3.8, 4) is 0 Å². The SMILES string of the molecule is CC(C)(C)C(O)(CN)c1ccccc1. The topological polar surface area (TPSA) is 46.2 Å². The Morgan fingerprint density at radius 1 is 1.14 bits per heavy atom. The summed E-state index contributed by atoms with van der Waals surface area (Å²) in [4.78, 5) is 0. The summed E-state index contributed by atoms with van der Waals surface area (Å²) in [6, 6.07) is 9.60. The van der Waals surface area contributed by atoms with Crippen molar-refractivity contribution < 1.29 is 5.11 Å². The highest BCUT2D eigenvalue weighted by atomic mass is 16.3. The number of nitrogens with two attached hydrogens (primary N) is 1. The minimum atomic E-state index is -0.950. The zero-order valence-corrected chi connectivity index (χ0v) is 9.12. The van der Waals surface area contributed by atoms with E-state index >= 15 is 0 Å². The van der Waals surface area contributed by atoms with Crippen LogP contribution < -0.4 is 5.73 Å². The second-order valence-electron chi connectivity index (χ2n) is 4.68. The van der Waals surface area contributed by atoms with E-state index in [0.29, 0.717) is 0 Å². The highest BCUT2D eigenvalue weighted by Crippen LogP contribution is 2.38. The Kier molecular flexibility index (Phi) is 2.98. The standard InChI is InChI=1S/C12H19NO/c1-11(2,3)12(14,9-13)10-7-5-4-6-8-10/h4-8,14H,9,13H2,1-3H3. The van der Waals surface area contributed by atoms with Gasteiger partial charge in [0.25, 0.3) is 0 Å². The molecule has 0 amide bonds. The van der Waals surface area contributed by atoms with E-state index in [1.807, 2.05) is 51.1 Å². The Morgan fingerprint density at radius 2 is 1.64 bits per heavy atom. The van der Waals surface area contributed by atoms with E-state index < -0.39 is 5.60 Å². The molecule has 1 rings (SSSR count). The summed E-state index contributed by atoms with van der Waals surface area (Å²) in [5.41, 5.74) is 5.35. The molecule has 0 radical (unpaired) electrons. The molecule has 78 valence electrons. The average Bonchev–Trinajstić information content (AvgIpc) is 2.16. The van der Waals surface area contributed by atoms with Crippen LogP contribution in [0.4, 0.5) is 0 Å². The van der Waals surface area contributed by atoms with Gasteiger partial charge in [-0.25, -0.2) is 0 Å². The lowest BCUT2D eigenvalue weighted by molar-refractivity contribution is -0.0557. The third kappa shape index (κ3) is 1.81. The fraction of sp³-hybridized carbons (Fsp3) is 0.500. The second-order valence-corrected chi connectivity index (χ2v) is 4.68. The highest BCUT2D eigenvalue weighted by molar-refractivity contribution is 5.24. The van der Waals surface area contributed by atoms with Crippen molar-refractivity contribution >= 4 is 0 Å². The Hall–Kier alpha value is -0.860. The molecule has 1 aromatic rings. The first-order valence-electron chi connectivity index (χ1n) is 4.90. The van der Waals surface area contributed by atoms with Gasteiger partial charge in [-0.2, -0.15) is 0 Å². The lowest BCUT2D eigenvalue weighted by Crippen LogP contribution is -2.46. The van der Waals surface area contributed by atoms with Gasteiger partial charge in [-0.15, -0.1) is 0 Å². The summed E-state index contributed by atoms with van der Waals surface area (Å²) in [6.45, 7) is 6.22. The van der Waals surface area contributed by atoms with Crippen molar-refractivity contribution in [1.82, 2.24) is 0 Å². The van der Waals surface area contributed by atoms with Crippen LogP contribution >= 0.6 is 0 Å². The molecule has 0 heterocycles. The van der Waals surface area contributed by atoms with E-state index in [-0.39, 0.29) is 12.0 Å². The molecule has 1 unspecified atom stereocenters. The maximum absolute atomic E-state index is 10.5. The summed E-state index contributed by atoms with van der Waals surface area (Å²) < 4.78 is 0. The van der Waals surface area contributed by atoms with Crippen LogP contribution in [0.15, 0.2) is 30.3 Å². The van der Waals surface area contributed by atoms with Crippen molar-refractivity contribution in [1.29, 1.82) is 0 Å². The molecule has 0 aliphatic carbocycles. The monoisotopic (exact) mass is 193 g/mol. The Labute approximate surface area is 85.8 Å². The number of hydrogen-bond acceptors (Lipinski definition) is 2. The molecule has 0 aliphatic heterocycles. The van der Waals surface area contributed by atoms with Crippen molar-refractivity contribution in [2.24, 2.45) is 11.1 Å². The first kappa shape index (κ1) is 11.2.